The molecular formula is C16H17ClFNO. The summed E-state index contributed by atoms with van der Waals surface area (Å²) in [5, 5.41) is 3.62. The van der Waals surface area contributed by atoms with Crippen LogP contribution in [0.15, 0.2) is 42.5 Å². The van der Waals surface area contributed by atoms with Crippen molar-refractivity contribution in [2.75, 3.05) is 14.2 Å². The van der Waals surface area contributed by atoms with Crippen molar-refractivity contribution < 1.29 is 9.13 Å². The predicted molar refractivity (Wildman–Crippen MR) is 79.9 cm³/mol. The Labute approximate surface area is 123 Å². The van der Waals surface area contributed by atoms with E-state index in [9.17, 15) is 4.39 Å². The van der Waals surface area contributed by atoms with E-state index in [2.05, 4.69) is 5.32 Å². The van der Waals surface area contributed by atoms with Crippen LogP contribution >= 0.6 is 11.6 Å². The maximum atomic E-state index is 13.8. The van der Waals surface area contributed by atoms with Crippen LogP contribution in [-0.4, -0.2) is 14.2 Å². The summed E-state index contributed by atoms with van der Waals surface area (Å²) >= 11 is 5.77. The first-order valence-corrected chi connectivity index (χ1v) is 6.77. The highest BCUT2D eigenvalue weighted by molar-refractivity contribution is 6.30. The van der Waals surface area contributed by atoms with Crippen molar-refractivity contribution in [3.8, 4) is 5.75 Å². The summed E-state index contributed by atoms with van der Waals surface area (Å²) in [5.41, 5.74) is 1.73. The van der Waals surface area contributed by atoms with Crippen LogP contribution in [0, 0.1) is 5.82 Å². The van der Waals surface area contributed by atoms with Crippen molar-refractivity contribution in [3.05, 3.63) is 64.4 Å². The van der Waals surface area contributed by atoms with Crippen LogP contribution in [0.4, 0.5) is 4.39 Å². The lowest BCUT2D eigenvalue weighted by molar-refractivity contribution is 0.414. The van der Waals surface area contributed by atoms with Gasteiger partial charge in [0, 0.05) is 11.1 Å². The van der Waals surface area contributed by atoms with Crippen LogP contribution in [0.1, 0.15) is 17.2 Å². The number of hydrogen-bond donors (Lipinski definition) is 1. The molecule has 0 fully saturated rings. The zero-order valence-electron chi connectivity index (χ0n) is 11.5. The lowest BCUT2D eigenvalue weighted by Gasteiger charge is -2.17. The molecule has 0 heterocycles. The number of rotatable bonds is 5. The fourth-order valence-electron chi connectivity index (χ4n) is 2.13. The molecule has 0 saturated heterocycles. The summed E-state index contributed by atoms with van der Waals surface area (Å²) in [4.78, 5) is 0. The molecule has 2 aromatic rings. The van der Waals surface area contributed by atoms with Crippen molar-refractivity contribution in [2.24, 2.45) is 0 Å². The number of likely N-dealkylation sites (N-methyl/N-ethyl adjacent to an activating group) is 1. The van der Waals surface area contributed by atoms with Gasteiger partial charge in [-0.1, -0.05) is 29.8 Å². The van der Waals surface area contributed by atoms with Crippen molar-refractivity contribution in [1.82, 2.24) is 5.32 Å². The highest BCUT2D eigenvalue weighted by Crippen LogP contribution is 2.23. The number of ether oxygens (including phenoxy) is 1. The first-order valence-electron chi connectivity index (χ1n) is 6.39. The monoisotopic (exact) mass is 293 g/mol. The fourth-order valence-corrected chi connectivity index (χ4v) is 2.29. The van der Waals surface area contributed by atoms with Gasteiger partial charge >= 0.3 is 0 Å². The van der Waals surface area contributed by atoms with Gasteiger partial charge in [-0.15, -0.1) is 0 Å². The lowest BCUT2D eigenvalue weighted by atomic mass is 9.98. The number of nitrogens with one attached hydrogen (secondary N) is 1. The van der Waals surface area contributed by atoms with E-state index in [-0.39, 0.29) is 11.9 Å². The Morgan fingerprint density at radius 2 is 1.90 bits per heavy atom. The highest BCUT2D eigenvalue weighted by atomic mass is 35.5. The summed E-state index contributed by atoms with van der Waals surface area (Å²) in [6.45, 7) is 0. The SMILES string of the molecule is CNC(Cc1ccc(Cl)cc1F)c1ccc(OC)cc1. The van der Waals surface area contributed by atoms with Gasteiger partial charge < -0.3 is 10.1 Å². The van der Waals surface area contributed by atoms with Gasteiger partial charge in [0.05, 0.1) is 7.11 Å². The van der Waals surface area contributed by atoms with Gasteiger partial charge in [0.1, 0.15) is 11.6 Å². The van der Waals surface area contributed by atoms with Gasteiger partial charge in [0.2, 0.25) is 0 Å². The summed E-state index contributed by atoms with van der Waals surface area (Å²) in [6, 6.07) is 12.6. The highest BCUT2D eigenvalue weighted by Gasteiger charge is 2.13. The molecule has 20 heavy (non-hydrogen) atoms. The summed E-state index contributed by atoms with van der Waals surface area (Å²) in [6.07, 6.45) is 0.561. The molecule has 1 N–H and O–H groups in total. The molecule has 2 aromatic carbocycles. The second kappa shape index (κ2) is 6.73. The van der Waals surface area contributed by atoms with E-state index in [1.165, 1.54) is 6.07 Å². The third-order valence-electron chi connectivity index (χ3n) is 3.31. The van der Waals surface area contributed by atoms with Crippen LogP contribution < -0.4 is 10.1 Å². The molecule has 2 nitrogen and oxygen atoms in total. The van der Waals surface area contributed by atoms with Crippen molar-refractivity contribution in [1.29, 1.82) is 0 Å². The standard InChI is InChI=1S/C16H17ClFNO/c1-19-16(11-4-7-14(20-2)8-5-11)9-12-3-6-13(17)10-15(12)18/h3-8,10,16,19H,9H2,1-2H3. The average Bonchev–Trinajstić information content (AvgIpc) is 2.47. The van der Waals surface area contributed by atoms with E-state index in [0.29, 0.717) is 17.0 Å². The average molecular weight is 294 g/mol. The molecular weight excluding hydrogens is 277 g/mol. The van der Waals surface area contributed by atoms with E-state index < -0.39 is 0 Å². The Balaban J connectivity index is 2.19. The predicted octanol–water partition coefficient (Wildman–Crippen LogP) is 3.99. The lowest BCUT2D eigenvalue weighted by Crippen LogP contribution is -2.19. The topological polar surface area (TPSA) is 21.3 Å². The van der Waals surface area contributed by atoms with Crippen molar-refractivity contribution >= 4 is 11.6 Å². The first-order chi connectivity index (χ1) is 9.63. The second-order valence-electron chi connectivity index (χ2n) is 4.55. The molecule has 0 aliphatic heterocycles. The zero-order valence-corrected chi connectivity index (χ0v) is 12.2. The molecule has 1 atom stereocenters. The third kappa shape index (κ3) is 3.50. The molecule has 0 bridgehead atoms. The van der Waals surface area contributed by atoms with Gasteiger partial charge in [-0.25, -0.2) is 4.39 Å². The molecule has 4 heteroatoms. The van der Waals surface area contributed by atoms with E-state index >= 15 is 0 Å². The van der Waals surface area contributed by atoms with Crippen LogP contribution in [0.5, 0.6) is 5.75 Å². The van der Waals surface area contributed by atoms with E-state index in [1.54, 1.807) is 19.2 Å². The Bertz CT molecular complexity index is 571. The van der Waals surface area contributed by atoms with E-state index in [0.717, 1.165) is 11.3 Å². The molecule has 1 unspecified atom stereocenters. The Morgan fingerprint density at radius 3 is 2.45 bits per heavy atom. The second-order valence-corrected chi connectivity index (χ2v) is 4.99. The van der Waals surface area contributed by atoms with Gasteiger partial charge in [-0.2, -0.15) is 0 Å². The van der Waals surface area contributed by atoms with Gasteiger partial charge in [-0.05, 0) is 48.9 Å². The van der Waals surface area contributed by atoms with E-state index in [4.69, 9.17) is 16.3 Å². The number of benzene rings is 2. The Hall–Kier alpha value is -1.58. The maximum Gasteiger partial charge on any atom is 0.127 e. The quantitative estimate of drug-likeness (QED) is 0.900. The van der Waals surface area contributed by atoms with Crippen molar-refractivity contribution in [2.45, 2.75) is 12.5 Å². The molecule has 0 spiro atoms. The molecule has 0 aliphatic carbocycles. The normalized spacial score (nSPS) is 12.2. The first kappa shape index (κ1) is 14.8. The van der Waals surface area contributed by atoms with Gasteiger partial charge in [0.25, 0.3) is 0 Å². The molecule has 0 radical (unpaired) electrons. The molecule has 0 aliphatic rings. The molecule has 2 rings (SSSR count). The van der Waals surface area contributed by atoms with Crippen LogP contribution in [0.2, 0.25) is 5.02 Å². The maximum absolute atomic E-state index is 13.8. The summed E-state index contributed by atoms with van der Waals surface area (Å²) < 4.78 is 19.0. The fraction of sp³-hybridized carbons (Fsp3) is 0.250. The van der Waals surface area contributed by atoms with Crippen LogP contribution in [-0.2, 0) is 6.42 Å². The Morgan fingerprint density at radius 1 is 1.20 bits per heavy atom. The molecule has 0 amide bonds. The van der Waals surface area contributed by atoms with Crippen LogP contribution in [0.3, 0.4) is 0 Å². The zero-order chi connectivity index (χ0) is 14.5. The van der Waals surface area contributed by atoms with Gasteiger partial charge in [0.15, 0.2) is 0 Å². The minimum absolute atomic E-state index is 0.0385. The number of halogens is 2. The minimum atomic E-state index is -0.272. The van der Waals surface area contributed by atoms with Gasteiger partial charge in [-0.3, -0.25) is 0 Å². The van der Waals surface area contributed by atoms with Crippen molar-refractivity contribution in [3.63, 3.8) is 0 Å². The minimum Gasteiger partial charge on any atom is -0.497 e. The Kier molecular flexibility index (Phi) is 4.99. The summed E-state index contributed by atoms with van der Waals surface area (Å²) in [7, 11) is 3.50. The number of hydrogen-bond acceptors (Lipinski definition) is 2. The molecule has 106 valence electrons. The smallest absolute Gasteiger partial charge is 0.127 e. The van der Waals surface area contributed by atoms with Crippen LogP contribution in [0.25, 0.3) is 0 Å². The number of methoxy groups -OCH3 is 1. The summed E-state index contributed by atoms with van der Waals surface area (Å²) in [5.74, 6) is 0.535. The third-order valence-corrected chi connectivity index (χ3v) is 3.54. The largest absolute Gasteiger partial charge is 0.497 e. The molecule has 0 aromatic heterocycles. The van der Waals surface area contributed by atoms with E-state index in [1.807, 2.05) is 31.3 Å². The molecule has 0 saturated carbocycles.